The molecule has 1 aliphatic rings. The maximum atomic E-state index is 9.52. The van der Waals surface area contributed by atoms with E-state index in [-0.39, 0.29) is 0 Å². The first-order valence-corrected chi connectivity index (χ1v) is 19.5. The van der Waals surface area contributed by atoms with E-state index in [0.717, 1.165) is 84.0 Å². The molecule has 2 heterocycles. The van der Waals surface area contributed by atoms with Crippen LogP contribution < -0.4 is 15.1 Å². The van der Waals surface area contributed by atoms with Crippen LogP contribution in [0.4, 0.5) is 22.7 Å². The van der Waals surface area contributed by atoms with E-state index in [1.807, 2.05) is 66.7 Å². The average molecular weight is 745 g/mol. The van der Waals surface area contributed by atoms with Crippen molar-refractivity contribution in [3.05, 3.63) is 217 Å². The van der Waals surface area contributed by atoms with Crippen molar-refractivity contribution in [1.82, 2.24) is 4.68 Å². The summed E-state index contributed by atoms with van der Waals surface area (Å²) >= 11 is 0. The standard InChI is InChI=1S/C53H36N4O/c54-53(40-18-13-17-37(32-40)35-14-3-1-4-15-35)43-22-9-10-23-45(43)55-57-47-30-27-36-16-7-8-21-42(36)52(47)44-29-26-38(33-48(44)57)39-28-31-51-49(34-39)56(41-19-5-2-6-20-41)46-24-11-12-25-50(46)58-51/h1-34,54-55H. The number of nitrogens with one attached hydrogen (secondary N) is 2. The van der Waals surface area contributed by atoms with Crippen molar-refractivity contribution in [3.63, 3.8) is 0 Å². The molecule has 0 unspecified atom stereocenters. The molecular formula is C53H36N4O. The van der Waals surface area contributed by atoms with Gasteiger partial charge in [0.25, 0.3) is 0 Å². The lowest BCUT2D eigenvalue weighted by Gasteiger charge is -2.33. The minimum absolute atomic E-state index is 0.452. The second kappa shape index (κ2) is 13.7. The first-order chi connectivity index (χ1) is 28.7. The molecule has 0 aliphatic carbocycles. The maximum absolute atomic E-state index is 9.52. The van der Waals surface area contributed by atoms with Gasteiger partial charge in [0.1, 0.15) is 0 Å². The van der Waals surface area contributed by atoms with Crippen LogP contribution in [0.25, 0.3) is 54.8 Å². The van der Waals surface area contributed by atoms with Gasteiger partial charge in [-0.1, -0.05) is 146 Å². The molecule has 5 heteroatoms. The third kappa shape index (κ3) is 5.60. The quantitative estimate of drug-likeness (QED) is 0.160. The fourth-order valence-electron chi connectivity index (χ4n) is 8.44. The molecule has 10 aromatic rings. The smallest absolute Gasteiger partial charge is 0.151 e. The highest BCUT2D eigenvalue weighted by atomic mass is 16.5. The maximum Gasteiger partial charge on any atom is 0.151 e. The normalized spacial score (nSPS) is 12.0. The Bertz CT molecular complexity index is 3200. The van der Waals surface area contributed by atoms with Crippen molar-refractivity contribution >= 4 is 61.0 Å². The van der Waals surface area contributed by atoms with Crippen molar-refractivity contribution in [2.24, 2.45) is 0 Å². The summed E-state index contributed by atoms with van der Waals surface area (Å²) in [6.07, 6.45) is 0. The van der Waals surface area contributed by atoms with Gasteiger partial charge in [0.05, 0.1) is 33.8 Å². The van der Waals surface area contributed by atoms with Gasteiger partial charge in [-0.15, -0.1) is 0 Å². The van der Waals surface area contributed by atoms with Gasteiger partial charge in [-0.3, -0.25) is 15.5 Å². The topological polar surface area (TPSA) is 53.3 Å². The highest BCUT2D eigenvalue weighted by Gasteiger charge is 2.26. The van der Waals surface area contributed by atoms with E-state index in [9.17, 15) is 5.41 Å². The zero-order chi connectivity index (χ0) is 38.6. The molecule has 0 saturated carbocycles. The Morgan fingerprint density at radius 3 is 2.05 bits per heavy atom. The lowest BCUT2D eigenvalue weighted by atomic mass is 9.97. The molecular weight excluding hydrogens is 709 g/mol. The predicted octanol–water partition coefficient (Wildman–Crippen LogP) is 14.1. The number of rotatable bonds is 7. The highest BCUT2D eigenvalue weighted by molar-refractivity contribution is 6.21. The van der Waals surface area contributed by atoms with Gasteiger partial charge in [-0.25, -0.2) is 0 Å². The molecule has 5 nitrogen and oxygen atoms in total. The molecule has 0 atom stereocenters. The summed E-state index contributed by atoms with van der Waals surface area (Å²) in [6.45, 7) is 0. The summed E-state index contributed by atoms with van der Waals surface area (Å²) in [4.78, 5) is 2.28. The molecule has 1 aliphatic heterocycles. The number of hydrogen-bond acceptors (Lipinski definition) is 4. The van der Waals surface area contributed by atoms with E-state index in [4.69, 9.17) is 4.74 Å². The predicted molar refractivity (Wildman–Crippen MR) is 240 cm³/mol. The van der Waals surface area contributed by atoms with Crippen molar-refractivity contribution in [1.29, 1.82) is 5.41 Å². The van der Waals surface area contributed by atoms with Crippen LogP contribution in [0.15, 0.2) is 206 Å². The van der Waals surface area contributed by atoms with Crippen LogP contribution in [-0.4, -0.2) is 10.4 Å². The molecule has 0 amide bonds. The number of ether oxygens (including phenoxy) is 1. The number of benzene rings is 9. The number of para-hydroxylation sites is 4. The van der Waals surface area contributed by atoms with Gasteiger partial charge in [-0.2, -0.15) is 0 Å². The van der Waals surface area contributed by atoms with E-state index in [1.165, 1.54) is 16.2 Å². The minimum atomic E-state index is 0.452. The van der Waals surface area contributed by atoms with Crippen molar-refractivity contribution in [3.8, 4) is 33.8 Å². The van der Waals surface area contributed by atoms with Crippen LogP contribution in [0.1, 0.15) is 11.1 Å². The summed E-state index contributed by atoms with van der Waals surface area (Å²) < 4.78 is 8.67. The number of aromatic nitrogens is 1. The summed E-state index contributed by atoms with van der Waals surface area (Å²) in [6, 6.07) is 71.6. The van der Waals surface area contributed by atoms with E-state index >= 15 is 0 Å². The van der Waals surface area contributed by atoms with Gasteiger partial charge in [0.2, 0.25) is 0 Å². The lowest BCUT2D eigenvalue weighted by Crippen LogP contribution is -2.15. The first kappa shape index (κ1) is 33.4. The number of anilines is 4. The SMILES string of the molecule is N=C(c1cccc(-c2ccccc2)c1)c1ccccc1Nn1c2cc(-c3ccc4c(c3)N(c3ccccc3)c3ccccc3O4)ccc2c2c3ccccc3ccc21. The molecule has 1 aromatic heterocycles. The molecule has 0 spiro atoms. The molecule has 58 heavy (non-hydrogen) atoms. The summed E-state index contributed by atoms with van der Waals surface area (Å²) in [7, 11) is 0. The van der Waals surface area contributed by atoms with Gasteiger partial charge >= 0.3 is 0 Å². The molecule has 0 fully saturated rings. The minimum Gasteiger partial charge on any atom is -0.453 e. The van der Waals surface area contributed by atoms with Crippen LogP contribution in [0.2, 0.25) is 0 Å². The zero-order valence-electron chi connectivity index (χ0n) is 31.4. The second-order valence-corrected chi connectivity index (χ2v) is 14.7. The van der Waals surface area contributed by atoms with Crippen LogP contribution in [-0.2, 0) is 0 Å². The van der Waals surface area contributed by atoms with Gasteiger partial charge in [0.15, 0.2) is 11.5 Å². The summed E-state index contributed by atoms with van der Waals surface area (Å²) in [5.74, 6) is 1.64. The van der Waals surface area contributed by atoms with Crippen molar-refractivity contribution in [2.45, 2.75) is 0 Å². The molecule has 0 radical (unpaired) electrons. The highest BCUT2D eigenvalue weighted by Crippen LogP contribution is 2.51. The molecule has 11 rings (SSSR count). The van der Waals surface area contributed by atoms with Crippen LogP contribution in [0, 0.1) is 5.41 Å². The zero-order valence-corrected chi connectivity index (χ0v) is 31.4. The fraction of sp³-hybridized carbons (Fsp3) is 0. The van der Waals surface area contributed by atoms with E-state index in [1.54, 1.807) is 0 Å². The van der Waals surface area contributed by atoms with Gasteiger partial charge < -0.3 is 9.64 Å². The van der Waals surface area contributed by atoms with Crippen molar-refractivity contribution in [2.75, 3.05) is 10.3 Å². The van der Waals surface area contributed by atoms with Gasteiger partial charge in [-0.05, 0) is 93.7 Å². The average Bonchev–Trinajstić information content (AvgIpc) is 3.61. The Morgan fingerprint density at radius 2 is 1.16 bits per heavy atom. The first-order valence-electron chi connectivity index (χ1n) is 19.5. The number of nitrogens with zero attached hydrogens (tertiary/aromatic N) is 2. The Kier molecular flexibility index (Phi) is 7.90. The Morgan fingerprint density at radius 1 is 0.466 bits per heavy atom. The molecule has 274 valence electrons. The third-order valence-corrected chi connectivity index (χ3v) is 11.2. The van der Waals surface area contributed by atoms with Crippen LogP contribution in [0.3, 0.4) is 0 Å². The van der Waals surface area contributed by atoms with Crippen molar-refractivity contribution < 1.29 is 4.74 Å². The molecule has 2 N–H and O–H groups in total. The van der Waals surface area contributed by atoms with E-state index in [0.29, 0.717) is 5.71 Å². The molecule has 0 saturated heterocycles. The van der Waals surface area contributed by atoms with Crippen LogP contribution >= 0.6 is 0 Å². The Balaban J connectivity index is 1.05. The number of hydrogen-bond donors (Lipinski definition) is 2. The lowest BCUT2D eigenvalue weighted by molar-refractivity contribution is 0.477. The number of fused-ring (bicyclic) bond motifs is 7. The molecule has 0 bridgehead atoms. The third-order valence-electron chi connectivity index (χ3n) is 11.2. The second-order valence-electron chi connectivity index (χ2n) is 14.7. The molecule has 9 aromatic carbocycles. The summed E-state index contributed by atoms with van der Waals surface area (Å²) in [5.41, 5.74) is 16.3. The van der Waals surface area contributed by atoms with Crippen LogP contribution in [0.5, 0.6) is 11.5 Å². The van der Waals surface area contributed by atoms with Gasteiger partial charge in [0, 0.05) is 27.6 Å². The Hall–Kier alpha value is -7.89. The monoisotopic (exact) mass is 744 g/mol. The largest absolute Gasteiger partial charge is 0.453 e. The van der Waals surface area contributed by atoms with E-state index < -0.39 is 0 Å². The van der Waals surface area contributed by atoms with E-state index in [2.05, 4.69) is 155 Å². The fourth-order valence-corrected chi connectivity index (χ4v) is 8.44. The summed E-state index contributed by atoms with van der Waals surface area (Å²) in [5, 5.41) is 14.2. The Labute approximate surface area is 336 Å².